The monoisotopic (exact) mass is 325 g/mol. The lowest BCUT2D eigenvalue weighted by Gasteiger charge is -2.39. The molecule has 5 N–H and O–H groups in total. The van der Waals surface area contributed by atoms with Crippen LogP contribution in [-0.2, 0) is 9.47 Å². The van der Waals surface area contributed by atoms with Gasteiger partial charge in [-0.15, -0.1) is 0 Å². The third kappa shape index (κ3) is 3.87. The van der Waals surface area contributed by atoms with Crippen molar-refractivity contribution in [3.8, 4) is 0 Å². The number of nitrogens with one attached hydrogen (secondary N) is 5. The van der Waals surface area contributed by atoms with Gasteiger partial charge in [0.15, 0.2) is 6.35 Å². The molecule has 0 aromatic rings. The minimum Gasteiger partial charge on any atom is -0.378 e. The number of hydrogen-bond donors (Lipinski definition) is 5. The minimum atomic E-state index is -0.0304. The number of hydrazine groups is 1. The zero-order valence-electron chi connectivity index (χ0n) is 13.9. The summed E-state index contributed by atoms with van der Waals surface area (Å²) >= 11 is 0. The number of fused-ring (bicyclic) bond motifs is 4. The Morgan fingerprint density at radius 2 is 1.83 bits per heavy atom. The van der Waals surface area contributed by atoms with Crippen LogP contribution in [0.5, 0.6) is 0 Å². The molecule has 0 radical (unpaired) electrons. The Balaban J connectivity index is 1.45. The van der Waals surface area contributed by atoms with Gasteiger partial charge in [0.2, 0.25) is 0 Å². The molecule has 1 saturated carbocycles. The summed E-state index contributed by atoms with van der Waals surface area (Å²) in [5.74, 6) is 0.647. The highest BCUT2D eigenvalue weighted by Gasteiger charge is 2.44. The van der Waals surface area contributed by atoms with Gasteiger partial charge in [0.25, 0.3) is 0 Å². The molecule has 132 valence electrons. The van der Waals surface area contributed by atoms with Crippen LogP contribution in [0.1, 0.15) is 32.1 Å². The molecule has 4 bridgehead atoms. The number of rotatable bonds is 0. The van der Waals surface area contributed by atoms with Crippen LogP contribution in [0.2, 0.25) is 0 Å². The molecule has 6 atom stereocenters. The minimum absolute atomic E-state index is 0.0304. The highest BCUT2D eigenvalue weighted by Crippen LogP contribution is 2.34. The normalized spacial score (nSPS) is 45.9. The fourth-order valence-electron chi connectivity index (χ4n) is 4.52. The second kappa shape index (κ2) is 7.74. The lowest BCUT2D eigenvalue weighted by molar-refractivity contribution is -0.0232. The van der Waals surface area contributed by atoms with Gasteiger partial charge in [-0.25, -0.2) is 0 Å². The van der Waals surface area contributed by atoms with Crippen molar-refractivity contribution in [3.63, 3.8) is 0 Å². The Morgan fingerprint density at radius 1 is 0.826 bits per heavy atom. The van der Waals surface area contributed by atoms with Crippen LogP contribution in [-0.4, -0.2) is 63.4 Å². The van der Waals surface area contributed by atoms with E-state index in [4.69, 9.17) is 9.47 Å². The van der Waals surface area contributed by atoms with E-state index in [1.54, 1.807) is 0 Å². The first-order valence-corrected chi connectivity index (χ1v) is 9.34. The van der Waals surface area contributed by atoms with Crippen molar-refractivity contribution in [2.45, 2.75) is 62.7 Å². The Labute approximate surface area is 138 Å². The molecule has 0 aromatic heterocycles. The van der Waals surface area contributed by atoms with Crippen LogP contribution < -0.4 is 26.8 Å². The molecule has 6 unspecified atom stereocenters. The van der Waals surface area contributed by atoms with E-state index in [0.717, 1.165) is 45.7 Å². The summed E-state index contributed by atoms with van der Waals surface area (Å²) in [6, 6.07) is 1.50. The van der Waals surface area contributed by atoms with E-state index in [2.05, 4.69) is 26.8 Å². The van der Waals surface area contributed by atoms with Crippen molar-refractivity contribution in [2.24, 2.45) is 5.92 Å². The Bertz CT molecular complexity index is 385. The molecule has 3 heterocycles. The van der Waals surface area contributed by atoms with Gasteiger partial charge < -0.3 is 14.8 Å². The van der Waals surface area contributed by atoms with Crippen molar-refractivity contribution >= 4 is 0 Å². The van der Waals surface area contributed by atoms with Crippen molar-refractivity contribution in [3.05, 3.63) is 0 Å². The molecule has 1 aliphatic carbocycles. The Morgan fingerprint density at radius 3 is 2.83 bits per heavy atom. The molecule has 7 heteroatoms. The zero-order valence-corrected chi connectivity index (χ0v) is 13.9. The average Bonchev–Trinajstić information content (AvgIpc) is 3.00. The van der Waals surface area contributed by atoms with Gasteiger partial charge in [0.05, 0.1) is 12.7 Å². The zero-order chi connectivity index (χ0) is 15.5. The maximum Gasteiger partial charge on any atom is 0.163 e. The molecular weight excluding hydrogens is 294 g/mol. The van der Waals surface area contributed by atoms with E-state index < -0.39 is 0 Å². The highest BCUT2D eigenvalue weighted by atomic mass is 16.5. The molecule has 4 aliphatic rings. The first-order chi connectivity index (χ1) is 11.4. The van der Waals surface area contributed by atoms with E-state index in [1.807, 2.05) is 0 Å². The van der Waals surface area contributed by atoms with Crippen LogP contribution in [0.25, 0.3) is 0 Å². The van der Waals surface area contributed by atoms with Crippen LogP contribution in [0, 0.1) is 5.92 Å². The first-order valence-electron chi connectivity index (χ1n) is 9.34. The van der Waals surface area contributed by atoms with Gasteiger partial charge in [-0.05, 0) is 44.6 Å². The van der Waals surface area contributed by atoms with E-state index in [-0.39, 0.29) is 6.35 Å². The summed E-state index contributed by atoms with van der Waals surface area (Å²) in [4.78, 5) is 0. The predicted molar refractivity (Wildman–Crippen MR) is 87.7 cm³/mol. The van der Waals surface area contributed by atoms with E-state index >= 15 is 0 Å². The summed E-state index contributed by atoms with van der Waals surface area (Å²) < 4.78 is 12.1. The topological polar surface area (TPSA) is 78.6 Å². The van der Waals surface area contributed by atoms with Crippen LogP contribution in [0.15, 0.2) is 0 Å². The third-order valence-electron chi connectivity index (χ3n) is 5.75. The highest BCUT2D eigenvalue weighted by molar-refractivity contribution is 5.01. The van der Waals surface area contributed by atoms with Crippen LogP contribution in [0.4, 0.5) is 0 Å². The maximum atomic E-state index is 6.16. The summed E-state index contributed by atoms with van der Waals surface area (Å²) in [5.41, 5.74) is 7.11. The molecule has 0 aromatic carbocycles. The lowest BCUT2D eigenvalue weighted by Crippen LogP contribution is -2.62. The fourth-order valence-corrected chi connectivity index (χ4v) is 4.52. The first kappa shape index (κ1) is 16.2. The predicted octanol–water partition coefficient (Wildman–Crippen LogP) is -0.738. The Hall–Kier alpha value is -0.280. The summed E-state index contributed by atoms with van der Waals surface area (Å²) in [5, 5.41) is 10.5. The smallest absolute Gasteiger partial charge is 0.163 e. The molecule has 23 heavy (non-hydrogen) atoms. The van der Waals surface area contributed by atoms with Crippen molar-refractivity contribution in [2.75, 3.05) is 32.8 Å². The molecule has 0 amide bonds. The summed E-state index contributed by atoms with van der Waals surface area (Å²) in [6.07, 6.45) is 6.17. The summed E-state index contributed by atoms with van der Waals surface area (Å²) in [6.45, 7) is 4.49. The second-order valence-electron chi connectivity index (χ2n) is 7.26. The Kier molecular flexibility index (Phi) is 5.45. The van der Waals surface area contributed by atoms with E-state index in [0.29, 0.717) is 30.1 Å². The lowest BCUT2D eigenvalue weighted by atomic mass is 9.77. The van der Waals surface area contributed by atoms with Crippen molar-refractivity contribution < 1.29 is 9.47 Å². The van der Waals surface area contributed by atoms with Gasteiger partial charge in [-0.2, -0.15) is 0 Å². The average molecular weight is 325 g/mol. The van der Waals surface area contributed by atoms with Crippen molar-refractivity contribution in [1.82, 2.24) is 26.8 Å². The van der Waals surface area contributed by atoms with E-state index in [1.165, 1.54) is 19.3 Å². The van der Waals surface area contributed by atoms with Crippen LogP contribution in [0.3, 0.4) is 0 Å². The standard InChI is InChI=1S/C16H31N5O2/c1-5-17-7-9-23-16-18-6-4-14(19-16)15-12-10-11(22-8-1)2-3-13(12)20-21-15/h11-21H,1-10H2. The van der Waals surface area contributed by atoms with E-state index in [9.17, 15) is 0 Å². The second-order valence-corrected chi connectivity index (χ2v) is 7.26. The summed E-state index contributed by atoms with van der Waals surface area (Å²) in [7, 11) is 0. The molecule has 0 spiro atoms. The van der Waals surface area contributed by atoms with Gasteiger partial charge in [-0.1, -0.05) is 0 Å². The number of hydrogen-bond acceptors (Lipinski definition) is 7. The molecular formula is C16H31N5O2. The van der Waals surface area contributed by atoms with Crippen LogP contribution >= 0.6 is 0 Å². The maximum absolute atomic E-state index is 6.16. The van der Waals surface area contributed by atoms with Gasteiger partial charge in [-0.3, -0.25) is 21.5 Å². The molecule has 7 nitrogen and oxygen atoms in total. The molecule has 4 rings (SSSR count). The van der Waals surface area contributed by atoms with Gasteiger partial charge in [0, 0.05) is 37.8 Å². The van der Waals surface area contributed by atoms with Gasteiger partial charge >= 0.3 is 0 Å². The third-order valence-corrected chi connectivity index (χ3v) is 5.75. The molecule has 4 fully saturated rings. The van der Waals surface area contributed by atoms with Gasteiger partial charge in [0.1, 0.15) is 0 Å². The number of ether oxygens (including phenoxy) is 2. The van der Waals surface area contributed by atoms with Crippen molar-refractivity contribution in [1.29, 1.82) is 0 Å². The SMILES string of the molecule is C1CNCCOC2NCCC(N2)C2NNC3CCC(CC32)OC1. The largest absolute Gasteiger partial charge is 0.378 e. The quantitative estimate of drug-likeness (QED) is 0.402. The molecule has 3 saturated heterocycles. The fraction of sp³-hybridized carbons (Fsp3) is 1.00. The molecule has 3 aliphatic heterocycles.